The molecule has 0 aliphatic heterocycles. The van der Waals surface area contributed by atoms with Crippen molar-refractivity contribution in [2.45, 2.75) is 20.3 Å². The van der Waals surface area contributed by atoms with Gasteiger partial charge in [0.05, 0.1) is 0 Å². The standard InChI is InChI=1S/C12H19NO2/c1-5-6-12(9-15-11(3)14)8-7-10(2)13-4/h5,7-8,13H,1,6,9H2,2-4H3/b10-7+,12-8+. The summed E-state index contributed by atoms with van der Waals surface area (Å²) in [4.78, 5) is 10.6. The summed E-state index contributed by atoms with van der Waals surface area (Å²) in [7, 11) is 1.86. The zero-order valence-electron chi connectivity index (χ0n) is 9.67. The quantitative estimate of drug-likeness (QED) is 0.414. The molecule has 0 radical (unpaired) electrons. The molecule has 84 valence electrons. The molecule has 0 rings (SSSR count). The van der Waals surface area contributed by atoms with E-state index in [1.165, 1.54) is 6.92 Å². The lowest BCUT2D eigenvalue weighted by molar-refractivity contribution is -0.140. The Hall–Kier alpha value is -1.51. The lowest BCUT2D eigenvalue weighted by atomic mass is 10.2. The van der Waals surface area contributed by atoms with Crippen LogP contribution in [-0.4, -0.2) is 19.6 Å². The molecule has 0 aromatic rings. The molecule has 0 saturated heterocycles. The fraction of sp³-hybridized carbons (Fsp3) is 0.417. The third kappa shape index (κ3) is 7.55. The van der Waals surface area contributed by atoms with E-state index in [9.17, 15) is 4.79 Å². The molecule has 0 bridgehead atoms. The van der Waals surface area contributed by atoms with Crippen LogP contribution in [0.3, 0.4) is 0 Å². The topological polar surface area (TPSA) is 38.3 Å². The summed E-state index contributed by atoms with van der Waals surface area (Å²) in [6, 6.07) is 0. The van der Waals surface area contributed by atoms with Gasteiger partial charge in [0.15, 0.2) is 0 Å². The van der Waals surface area contributed by atoms with Crippen molar-refractivity contribution in [1.82, 2.24) is 5.32 Å². The summed E-state index contributed by atoms with van der Waals surface area (Å²) in [5, 5.41) is 3.01. The molecule has 0 atom stereocenters. The van der Waals surface area contributed by atoms with Crippen molar-refractivity contribution >= 4 is 5.97 Å². The number of ether oxygens (including phenoxy) is 1. The number of carbonyl (C=O) groups excluding carboxylic acids is 1. The van der Waals surface area contributed by atoms with Gasteiger partial charge < -0.3 is 10.1 Å². The van der Waals surface area contributed by atoms with Crippen molar-refractivity contribution in [3.8, 4) is 0 Å². The predicted octanol–water partition coefficient (Wildman–Crippen LogP) is 2.18. The van der Waals surface area contributed by atoms with Crippen molar-refractivity contribution in [2.24, 2.45) is 0 Å². The van der Waals surface area contributed by atoms with Crippen molar-refractivity contribution in [2.75, 3.05) is 13.7 Å². The average molecular weight is 209 g/mol. The monoisotopic (exact) mass is 209 g/mol. The summed E-state index contributed by atoms with van der Waals surface area (Å²) in [5.74, 6) is -0.265. The minimum atomic E-state index is -0.265. The molecule has 3 nitrogen and oxygen atoms in total. The van der Waals surface area contributed by atoms with E-state index in [0.717, 1.165) is 17.7 Å². The molecule has 0 fully saturated rings. The van der Waals surface area contributed by atoms with Gasteiger partial charge in [-0.15, -0.1) is 6.58 Å². The van der Waals surface area contributed by atoms with Crippen LogP contribution in [-0.2, 0) is 9.53 Å². The van der Waals surface area contributed by atoms with Crippen molar-refractivity contribution in [3.05, 3.63) is 36.1 Å². The second-order valence-corrected chi connectivity index (χ2v) is 3.20. The first-order valence-corrected chi connectivity index (χ1v) is 4.88. The normalized spacial score (nSPS) is 12.2. The Labute approximate surface area is 91.5 Å². The molecule has 0 aliphatic carbocycles. The van der Waals surface area contributed by atoms with E-state index in [4.69, 9.17) is 4.74 Å². The Morgan fingerprint density at radius 2 is 2.07 bits per heavy atom. The SMILES string of the molecule is C=CC/C(=C\C=C(/C)NC)COC(C)=O. The highest BCUT2D eigenvalue weighted by molar-refractivity contribution is 5.66. The molecule has 0 amide bonds. The van der Waals surface area contributed by atoms with Crippen molar-refractivity contribution < 1.29 is 9.53 Å². The van der Waals surface area contributed by atoms with Crippen LogP contribution in [0.1, 0.15) is 20.3 Å². The van der Waals surface area contributed by atoms with Gasteiger partial charge in [-0.05, 0) is 25.0 Å². The summed E-state index contributed by atoms with van der Waals surface area (Å²) in [6.45, 7) is 7.35. The summed E-state index contributed by atoms with van der Waals surface area (Å²) in [6.07, 6.45) is 6.40. The van der Waals surface area contributed by atoms with Crippen LogP contribution in [0.5, 0.6) is 0 Å². The van der Waals surface area contributed by atoms with E-state index >= 15 is 0 Å². The van der Waals surface area contributed by atoms with Crippen LogP contribution in [0.25, 0.3) is 0 Å². The first kappa shape index (κ1) is 13.5. The Morgan fingerprint density at radius 1 is 1.40 bits per heavy atom. The number of allylic oxidation sites excluding steroid dienone is 4. The fourth-order valence-electron chi connectivity index (χ4n) is 0.881. The summed E-state index contributed by atoms with van der Waals surface area (Å²) >= 11 is 0. The third-order valence-electron chi connectivity index (χ3n) is 1.83. The average Bonchev–Trinajstić information content (AvgIpc) is 2.21. The van der Waals surface area contributed by atoms with Gasteiger partial charge in [-0.2, -0.15) is 0 Å². The molecule has 0 unspecified atom stereocenters. The highest BCUT2D eigenvalue weighted by Gasteiger charge is 1.97. The summed E-state index contributed by atoms with van der Waals surface area (Å²) < 4.78 is 4.92. The van der Waals surface area contributed by atoms with Gasteiger partial charge in [-0.25, -0.2) is 0 Å². The lowest BCUT2D eigenvalue weighted by Crippen LogP contribution is -2.04. The zero-order valence-corrected chi connectivity index (χ0v) is 9.67. The van der Waals surface area contributed by atoms with E-state index in [-0.39, 0.29) is 5.97 Å². The highest BCUT2D eigenvalue weighted by atomic mass is 16.5. The molecule has 0 saturated carbocycles. The predicted molar refractivity (Wildman–Crippen MR) is 62.3 cm³/mol. The zero-order chi connectivity index (χ0) is 11.7. The number of hydrogen-bond acceptors (Lipinski definition) is 3. The minimum absolute atomic E-state index is 0.265. The van der Waals surface area contributed by atoms with E-state index in [0.29, 0.717) is 6.61 Å². The van der Waals surface area contributed by atoms with Crippen LogP contribution in [0.2, 0.25) is 0 Å². The van der Waals surface area contributed by atoms with Crippen molar-refractivity contribution in [1.29, 1.82) is 0 Å². The number of nitrogens with one attached hydrogen (secondary N) is 1. The smallest absolute Gasteiger partial charge is 0.302 e. The molecule has 1 N–H and O–H groups in total. The summed E-state index contributed by atoms with van der Waals surface area (Å²) in [5.41, 5.74) is 2.08. The minimum Gasteiger partial charge on any atom is -0.461 e. The molecule has 3 heteroatoms. The maximum atomic E-state index is 10.6. The first-order chi connectivity index (χ1) is 7.10. The molecule has 0 spiro atoms. The second kappa shape index (κ2) is 7.85. The molecule has 0 heterocycles. The fourth-order valence-corrected chi connectivity index (χ4v) is 0.881. The van der Waals surface area contributed by atoms with Gasteiger partial charge >= 0.3 is 5.97 Å². The maximum Gasteiger partial charge on any atom is 0.302 e. The van der Waals surface area contributed by atoms with E-state index in [2.05, 4.69) is 11.9 Å². The lowest BCUT2D eigenvalue weighted by Gasteiger charge is -2.04. The Bertz CT molecular complexity index is 277. The number of rotatable bonds is 6. The van der Waals surface area contributed by atoms with Gasteiger partial charge in [0.2, 0.25) is 0 Å². The van der Waals surface area contributed by atoms with E-state index in [1.807, 2.05) is 26.1 Å². The Kier molecular flexibility index (Phi) is 7.06. The van der Waals surface area contributed by atoms with Gasteiger partial charge in [0.25, 0.3) is 0 Å². The molecule has 15 heavy (non-hydrogen) atoms. The number of esters is 1. The van der Waals surface area contributed by atoms with Crippen LogP contribution >= 0.6 is 0 Å². The molecule has 0 aromatic heterocycles. The van der Waals surface area contributed by atoms with Crippen LogP contribution in [0.4, 0.5) is 0 Å². The van der Waals surface area contributed by atoms with Crippen molar-refractivity contribution in [3.63, 3.8) is 0 Å². The molecule has 0 aliphatic rings. The number of carbonyl (C=O) groups is 1. The second-order valence-electron chi connectivity index (χ2n) is 3.20. The van der Waals surface area contributed by atoms with Gasteiger partial charge in [0.1, 0.15) is 6.61 Å². The van der Waals surface area contributed by atoms with Crippen LogP contribution < -0.4 is 5.32 Å². The first-order valence-electron chi connectivity index (χ1n) is 4.88. The molecular weight excluding hydrogens is 190 g/mol. The number of hydrogen-bond donors (Lipinski definition) is 1. The van der Waals surface area contributed by atoms with Gasteiger partial charge in [-0.1, -0.05) is 12.2 Å². The van der Waals surface area contributed by atoms with Gasteiger partial charge in [0, 0.05) is 19.7 Å². The Balaban J connectivity index is 4.36. The Morgan fingerprint density at radius 3 is 2.53 bits per heavy atom. The van der Waals surface area contributed by atoms with Crippen LogP contribution in [0, 0.1) is 0 Å². The maximum absolute atomic E-state index is 10.6. The third-order valence-corrected chi connectivity index (χ3v) is 1.83. The van der Waals surface area contributed by atoms with E-state index in [1.54, 1.807) is 6.08 Å². The molecule has 0 aromatic carbocycles. The highest BCUT2D eigenvalue weighted by Crippen LogP contribution is 2.04. The molecular formula is C12H19NO2. The largest absolute Gasteiger partial charge is 0.461 e. The van der Waals surface area contributed by atoms with Crippen LogP contribution in [0.15, 0.2) is 36.1 Å². The van der Waals surface area contributed by atoms with Gasteiger partial charge in [-0.3, -0.25) is 4.79 Å². The van der Waals surface area contributed by atoms with E-state index < -0.39 is 0 Å².